The number of ether oxygens (including phenoxy) is 2. The zero-order chi connectivity index (χ0) is 17.8. The molecule has 1 aromatic carbocycles. The third-order valence-electron chi connectivity index (χ3n) is 5.06. The highest BCUT2D eigenvalue weighted by Crippen LogP contribution is 2.32. The molecule has 140 valence electrons. The van der Waals surface area contributed by atoms with E-state index >= 15 is 0 Å². The van der Waals surface area contributed by atoms with Crippen LogP contribution in [-0.4, -0.2) is 18.2 Å². The van der Waals surface area contributed by atoms with Gasteiger partial charge >= 0.3 is 5.97 Å². The minimum Gasteiger partial charge on any atom is -0.457 e. The number of cyclic esters (lactones) is 1. The maximum atomic E-state index is 11.8. The number of carbonyl (C=O) groups is 1. The van der Waals surface area contributed by atoms with E-state index in [4.69, 9.17) is 9.47 Å². The summed E-state index contributed by atoms with van der Waals surface area (Å²) < 4.78 is 11.7. The molecule has 0 aliphatic carbocycles. The molecule has 0 bridgehead atoms. The molecule has 2 rings (SSSR count). The first-order valence-electron chi connectivity index (χ1n) is 10.1. The molecule has 0 amide bonds. The van der Waals surface area contributed by atoms with Gasteiger partial charge in [-0.3, -0.25) is 4.79 Å². The van der Waals surface area contributed by atoms with Crippen LogP contribution in [0.25, 0.3) is 0 Å². The van der Waals surface area contributed by atoms with E-state index in [2.05, 4.69) is 19.1 Å². The summed E-state index contributed by atoms with van der Waals surface area (Å²) in [5.74, 6) is -0.0579. The zero-order valence-electron chi connectivity index (χ0n) is 15.8. The summed E-state index contributed by atoms with van der Waals surface area (Å²) in [4.78, 5) is 11.8. The van der Waals surface area contributed by atoms with Crippen molar-refractivity contribution in [2.75, 3.05) is 6.61 Å². The smallest absolute Gasteiger partial charge is 0.306 e. The largest absolute Gasteiger partial charge is 0.457 e. The van der Waals surface area contributed by atoms with Crippen LogP contribution in [0.2, 0.25) is 0 Å². The van der Waals surface area contributed by atoms with Crippen molar-refractivity contribution in [3.05, 3.63) is 35.9 Å². The number of benzene rings is 1. The molecule has 0 radical (unpaired) electrons. The molecular formula is C22H34O3. The molecule has 25 heavy (non-hydrogen) atoms. The molecule has 3 nitrogen and oxygen atoms in total. The lowest BCUT2D eigenvalue weighted by molar-refractivity contribution is -0.177. The third kappa shape index (κ3) is 7.60. The molecule has 0 saturated carbocycles. The van der Waals surface area contributed by atoms with E-state index in [1.807, 2.05) is 18.2 Å². The Bertz CT molecular complexity index is 485. The maximum Gasteiger partial charge on any atom is 0.306 e. The Morgan fingerprint density at radius 1 is 1.04 bits per heavy atom. The van der Waals surface area contributed by atoms with Crippen molar-refractivity contribution >= 4 is 5.97 Å². The predicted molar refractivity (Wildman–Crippen MR) is 101 cm³/mol. The molecule has 1 aliphatic rings. The molecule has 1 aliphatic heterocycles. The van der Waals surface area contributed by atoms with Gasteiger partial charge in [-0.25, -0.2) is 0 Å². The van der Waals surface area contributed by atoms with Crippen LogP contribution < -0.4 is 0 Å². The fourth-order valence-corrected chi connectivity index (χ4v) is 3.58. The van der Waals surface area contributed by atoms with E-state index in [1.165, 1.54) is 38.5 Å². The number of carbonyl (C=O) groups excluding carboxylic acids is 1. The first-order valence-corrected chi connectivity index (χ1v) is 10.1. The molecule has 3 heteroatoms. The van der Waals surface area contributed by atoms with Crippen LogP contribution in [0.1, 0.15) is 83.1 Å². The van der Waals surface area contributed by atoms with Crippen molar-refractivity contribution in [3.8, 4) is 0 Å². The van der Waals surface area contributed by atoms with Crippen molar-refractivity contribution in [1.29, 1.82) is 0 Å². The third-order valence-corrected chi connectivity index (χ3v) is 5.06. The van der Waals surface area contributed by atoms with Gasteiger partial charge in [0.1, 0.15) is 5.60 Å². The van der Waals surface area contributed by atoms with E-state index in [-0.39, 0.29) is 5.97 Å². The van der Waals surface area contributed by atoms with Gasteiger partial charge in [0.05, 0.1) is 13.2 Å². The van der Waals surface area contributed by atoms with Gasteiger partial charge in [-0.2, -0.15) is 0 Å². The molecule has 1 fully saturated rings. The van der Waals surface area contributed by atoms with Gasteiger partial charge in [0.15, 0.2) is 0 Å². The standard InChI is InChI=1S/C22H34O3/c1-2-3-4-5-6-7-11-16-22(17-12-15-21(23)25-22)19-24-18-20-13-9-8-10-14-20/h8-10,13-14H,2-7,11-12,15-19H2,1H3/t22-/m0/s1. The summed E-state index contributed by atoms with van der Waals surface area (Å²) >= 11 is 0. The molecule has 1 saturated heterocycles. The summed E-state index contributed by atoms with van der Waals surface area (Å²) in [6, 6.07) is 10.2. The summed E-state index contributed by atoms with van der Waals surface area (Å²) in [5.41, 5.74) is 0.767. The van der Waals surface area contributed by atoms with Gasteiger partial charge in [0.25, 0.3) is 0 Å². The Labute approximate surface area is 153 Å². The highest BCUT2D eigenvalue weighted by molar-refractivity contribution is 5.70. The number of esters is 1. The van der Waals surface area contributed by atoms with Crippen LogP contribution in [0.15, 0.2) is 30.3 Å². The quantitative estimate of drug-likeness (QED) is 0.354. The lowest BCUT2D eigenvalue weighted by atomic mass is 9.88. The minimum absolute atomic E-state index is 0.0579. The number of hydrogen-bond acceptors (Lipinski definition) is 3. The van der Waals surface area contributed by atoms with E-state index < -0.39 is 5.60 Å². The number of unbranched alkanes of at least 4 members (excludes halogenated alkanes) is 6. The first-order chi connectivity index (χ1) is 12.2. The molecule has 1 aromatic rings. The van der Waals surface area contributed by atoms with Crippen LogP contribution in [0, 0.1) is 0 Å². The molecule has 0 aromatic heterocycles. The Balaban J connectivity index is 1.75. The Morgan fingerprint density at radius 3 is 2.48 bits per heavy atom. The lowest BCUT2D eigenvalue weighted by Crippen LogP contribution is -2.43. The second-order valence-electron chi connectivity index (χ2n) is 7.36. The SMILES string of the molecule is CCCCCCCCC[C@@]1(COCc2ccccc2)CCCC(=O)O1. The van der Waals surface area contributed by atoms with Crippen molar-refractivity contribution in [2.24, 2.45) is 0 Å². The van der Waals surface area contributed by atoms with Crippen molar-refractivity contribution in [2.45, 2.75) is 89.8 Å². The Morgan fingerprint density at radius 2 is 1.76 bits per heavy atom. The summed E-state index contributed by atoms with van der Waals surface area (Å²) in [7, 11) is 0. The normalized spacial score (nSPS) is 20.4. The highest BCUT2D eigenvalue weighted by atomic mass is 16.6. The molecule has 1 heterocycles. The second-order valence-corrected chi connectivity index (χ2v) is 7.36. The van der Waals surface area contributed by atoms with E-state index in [9.17, 15) is 4.79 Å². The van der Waals surface area contributed by atoms with Gasteiger partial charge in [0, 0.05) is 6.42 Å². The van der Waals surface area contributed by atoms with Crippen LogP contribution in [0.3, 0.4) is 0 Å². The molecule has 1 atom stereocenters. The van der Waals surface area contributed by atoms with Gasteiger partial charge in [-0.15, -0.1) is 0 Å². The van der Waals surface area contributed by atoms with Gasteiger partial charge in [-0.1, -0.05) is 75.8 Å². The number of hydrogen-bond donors (Lipinski definition) is 0. The van der Waals surface area contributed by atoms with E-state index in [0.29, 0.717) is 19.6 Å². The van der Waals surface area contributed by atoms with Crippen LogP contribution >= 0.6 is 0 Å². The van der Waals surface area contributed by atoms with Crippen LogP contribution in [0.5, 0.6) is 0 Å². The average Bonchev–Trinajstić information content (AvgIpc) is 2.62. The van der Waals surface area contributed by atoms with E-state index in [0.717, 1.165) is 31.2 Å². The molecule has 0 N–H and O–H groups in total. The second kappa shape index (κ2) is 11.3. The van der Waals surface area contributed by atoms with Crippen molar-refractivity contribution in [1.82, 2.24) is 0 Å². The van der Waals surface area contributed by atoms with E-state index in [1.54, 1.807) is 0 Å². The van der Waals surface area contributed by atoms with Crippen molar-refractivity contribution in [3.63, 3.8) is 0 Å². The molecular weight excluding hydrogens is 312 g/mol. The highest BCUT2D eigenvalue weighted by Gasteiger charge is 2.37. The fourth-order valence-electron chi connectivity index (χ4n) is 3.58. The fraction of sp³-hybridized carbons (Fsp3) is 0.682. The molecule has 0 spiro atoms. The lowest BCUT2D eigenvalue weighted by Gasteiger charge is -2.36. The van der Waals surface area contributed by atoms with Gasteiger partial charge in [-0.05, 0) is 31.2 Å². The van der Waals surface area contributed by atoms with Crippen LogP contribution in [0.4, 0.5) is 0 Å². The topological polar surface area (TPSA) is 35.5 Å². The summed E-state index contributed by atoms with van der Waals surface area (Å²) in [5, 5.41) is 0. The monoisotopic (exact) mass is 346 g/mol. The first kappa shape index (κ1) is 20.0. The Kier molecular flexibility index (Phi) is 9.03. The van der Waals surface area contributed by atoms with Gasteiger partial charge < -0.3 is 9.47 Å². The number of rotatable bonds is 12. The minimum atomic E-state index is -0.395. The maximum absolute atomic E-state index is 11.8. The zero-order valence-corrected chi connectivity index (χ0v) is 15.8. The average molecular weight is 347 g/mol. The Hall–Kier alpha value is -1.35. The summed E-state index contributed by atoms with van der Waals surface area (Å²) in [6.45, 7) is 3.34. The van der Waals surface area contributed by atoms with Gasteiger partial charge in [0.2, 0.25) is 0 Å². The predicted octanol–water partition coefficient (Wildman–Crippen LogP) is 5.81. The molecule has 0 unspecified atom stereocenters. The summed E-state index contributed by atoms with van der Waals surface area (Å²) in [6.07, 6.45) is 12.3. The van der Waals surface area contributed by atoms with Crippen LogP contribution in [-0.2, 0) is 20.9 Å². The van der Waals surface area contributed by atoms with Crippen molar-refractivity contribution < 1.29 is 14.3 Å².